The Morgan fingerprint density at radius 3 is 3.05 bits per heavy atom. The van der Waals surface area contributed by atoms with Gasteiger partial charge in [-0.25, -0.2) is 4.79 Å². The highest BCUT2D eigenvalue weighted by Crippen LogP contribution is 2.15. The maximum absolute atomic E-state index is 11.4. The summed E-state index contributed by atoms with van der Waals surface area (Å²) in [4.78, 5) is 11.4. The molecule has 106 valence electrons. The van der Waals surface area contributed by atoms with Crippen LogP contribution in [0.2, 0.25) is 0 Å². The minimum absolute atomic E-state index is 0.0740. The standard InChI is InChI=1S/C13H19NO5/c1-9-12(13(15)16-2)5-10(19-9)6-14-7-11-8-17-3-4-18-11/h5,11,14H,3-4,6-8H2,1-2H3. The second kappa shape index (κ2) is 6.70. The molecule has 1 saturated heterocycles. The van der Waals surface area contributed by atoms with Crippen molar-refractivity contribution in [3.05, 3.63) is 23.2 Å². The summed E-state index contributed by atoms with van der Waals surface area (Å²) in [6.45, 7) is 4.88. The van der Waals surface area contributed by atoms with Gasteiger partial charge in [0.25, 0.3) is 0 Å². The quantitative estimate of drug-likeness (QED) is 0.800. The monoisotopic (exact) mass is 269 g/mol. The maximum Gasteiger partial charge on any atom is 0.341 e. The Kier molecular flexibility index (Phi) is 4.95. The third-order valence-electron chi connectivity index (χ3n) is 2.93. The number of carbonyl (C=O) groups is 1. The van der Waals surface area contributed by atoms with Gasteiger partial charge in [0.05, 0.1) is 39.6 Å². The van der Waals surface area contributed by atoms with E-state index in [1.807, 2.05) is 0 Å². The largest absolute Gasteiger partial charge is 0.465 e. The van der Waals surface area contributed by atoms with Gasteiger partial charge in [-0.3, -0.25) is 0 Å². The van der Waals surface area contributed by atoms with E-state index >= 15 is 0 Å². The summed E-state index contributed by atoms with van der Waals surface area (Å²) in [7, 11) is 1.35. The minimum atomic E-state index is -0.378. The Labute approximate surface area is 112 Å². The van der Waals surface area contributed by atoms with E-state index in [0.29, 0.717) is 50.0 Å². The molecule has 0 amide bonds. The first kappa shape index (κ1) is 14.0. The predicted octanol–water partition coefficient (Wildman–Crippen LogP) is 0.880. The fourth-order valence-electron chi connectivity index (χ4n) is 1.95. The average Bonchev–Trinajstić information content (AvgIpc) is 2.80. The van der Waals surface area contributed by atoms with E-state index in [1.54, 1.807) is 13.0 Å². The molecule has 1 unspecified atom stereocenters. The lowest BCUT2D eigenvalue weighted by Crippen LogP contribution is -2.37. The summed E-state index contributed by atoms with van der Waals surface area (Å²) >= 11 is 0. The Balaban J connectivity index is 1.81. The van der Waals surface area contributed by atoms with Crippen LogP contribution in [-0.2, 0) is 20.8 Å². The van der Waals surface area contributed by atoms with Crippen LogP contribution in [-0.4, -0.2) is 45.5 Å². The Morgan fingerprint density at radius 2 is 2.37 bits per heavy atom. The molecule has 2 rings (SSSR count). The van der Waals surface area contributed by atoms with Gasteiger partial charge in [-0.15, -0.1) is 0 Å². The van der Waals surface area contributed by atoms with Gasteiger partial charge in [0.1, 0.15) is 17.1 Å². The first-order valence-electron chi connectivity index (χ1n) is 6.28. The van der Waals surface area contributed by atoms with Crippen molar-refractivity contribution in [2.45, 2.75) is 19.6 Å². The highest BCUT2D eigenvalue weighted by molar-refractivity contribution is 5.90. The van der Waals surface area contributed by atoms with Crippen molar-refractivity contribution in [2.24, 2.45) is 0 Å². The molecule has 0 saturated carbocycles. The number of aryl methyl sites for hydroxylation is 1. The van der Waals surface area contributed by atoms with Crippen LogP contribution in [0.4, 0.5) is 0 Å². The molecule has 0 bridgehead atoms. The van der Waals surface area contributed by atoms with Crippen LogP contribution in [0.3, 0.4) is 0 Å². The zero-order chi connectivity index (χ0) is 13.7. The molecule has 1 aliphatic heterocycles. The average molecular weight is 269 g/mol. The molecule has 1 aromatic rings. The van der Waals surface area contributed by atoms with Crippen molar-refractivity contribution in [3.63, 3.8) is 0 Å². The molecular weight excluding hydrogens is 250 g/mol. The lowest BCUT2D eigenvalue weighted by molar-refractivity contribution is -0.0865. The first-order chi connectivity index (χ1) is 9.20. The fraction of sp³-hybridized carbons (Fsp3) is 0.615. The molecule has 1 N–H and O–H groups in total. The zero-order valence-electron chi connectivity index (χ0n) is 11.2. The van der Waals surface area contributed by atoms with Gasteiger partial charge in [0.15, 0.2) is 0 Å². The molecule has 0 aliphatic carbocycles. The molecule has 2 heterocycles. The number of nitrogens with one attached hydrogen (secondary N) is 1. The van der Waals surface area contributed by atoms with Gasteiger partial charge >= 0.3 is 5.97 Å². The molecular formula is C13H19NO5. The van der Waals surface area contributed by atoms with Gasteiger partial charge in [-0.2, -0.15) is 0 Å². The number of hydrogen-bond donors (Lipinski definition) is 1. The van der Waals surface area contributed by atoms with Crippen molar-refractivity contribution in [2.75, 3.05) is 33.5 Å². The van der Waals surface area contributed by atoms with E-state index in [1.165, 1.54) is 7.11 Å². The van der Waals surface area contributed by atoms with E-state index in [0.717, 1.165) is 0 Å². The van der Waals surface area contributed by atoms with Gasteiger partial charge in [0.2, 0.25) is 0 Å². The van der Waals surface area contributed by atoms with E-state index in [9.17, 15) is 4.79 Å². The van der Waals surface area contributed by atoms with Crippen LogP contribution >= 0.6 is 0 Å². The van der Waals surface area contributed by atoms with Gasteiger partial charge in [0, 0.05) is 6.54 Å². The first-order valence-corrected chi connectivity index (χ1v) is 6.28. The third kappa shape index (κ3) is 3.79. The third-order valence-corrected chi connectivity index (χ3v) is 2.93. The van der Waals surface area contributed by atoms with E-state index in [2.05, 4.69) is 10.1 Å². The molecule has 19 heavy (non-hydrogen) atoms. The smallest absolute Gasteiger partial charge is 0.341 e. The highest BCUT2D eigenvalue weighted by Gasteiger charge is 2.16. The summed E-state index contributed by atoms with van der Waals surface area (Å²) < 4.78 is 21.0. The minimum Gasteiger partial charge on any atom is -0.465 e. The summed E-state index contributed by atoms with van der Waals surface area (Å²) in [6, 6.07) is 1.70. The number of methoxy groups -OCH3 is 1. The Hall–Kier alpha value is -1.37. The summed E-state index contributed by atoms with van der Waals surface area (Å²) in [5.41, 5.74) is 0.469. The molecule has 1 aliphatic rings. The van der Waals surface area contributed by atoms with Crippen molar-refractivity contribution in [1.29, 1.82) is 0 Å². The molecule has 6 heteroatoms. The van der Waals surface area contributed by atoms with Gasteiger partial charge < -0.3 is 23.9 Å². The van der Waals surface area contributed by atoms with Crippen LogP contribution in [0.1, 0.15) is 21.9 Å². The van der Waals surface area contributed by atoms with Gasteiger partial charge in [-0.05, 0) is 13.0 Å². The number of hydrogen-bond acceptors (Lipinski definition) is 6. The Bertz CT molecular complexity index is 423. The summed E-state index contributed by atoms with van der Waals surface area (Å²) in [5, 5.41) is 3.22. The number of rotatable bonds is 5. The number of esters is 1. The fourth-order valence-corrected chi connectivity index (χ4v) is 1.95. The SMILES string of the molecule is COC(=O)c1cc(CNCC2COCCO2)oc1C. The van der Waals surface area contributed by atoms with Crippen LogP contribution in [0, 0.1) is 6.92 Å². The zero-order valence-corrected chi connectivity index (χ0v) is 11.2. The molecule has 0 radical (unpaired) electrons. The second-order valence-electron chi connectivity index (χ2n) is 4.37. The van der Waals surface area contributed by atoms with Crippen molar-refractivity contribution in [3.8, 4) is 0 Å². The van der Waals surface area contributed by atoms with E-state index in [4.69, 9.17) is 13.9 Å². The lowest BCUT2D eigenvalue weighted by atomic mass is 10.2. The number of furan rings is 1. The highest BCUT2D eigenvalue weighted by atomic mass is 16.6. The van der Waals surface area contributed by atoms with Crippen LogP contribution in [0.5, 0.6) is 0 Å². The lowest BCUT2D eigenvalue weighted by Gasteiger charge is -2.22. The van der Waals surface area contributed by atoms with Crippen molar-refractivity contribution >= 4 is 5.97 Å². The van der Waals surface area contributed by atoms with Crippen LogP contribution in [0.15, 0.2) is 10.5 Å². The van der Waals surface area contributed by atoms with Crippen LogP contribution < -0.4 is 5.32 Å². The van der Waals surface area contributed by atoms with Crippen molar-refractivity contribution < 1.29 is 23.4 Å². The topological polar surface area (TPSA) is 69.9 Å². The molecule has 0 aromatic carbocycles. The number of carbonyl (C=O) groups excluding carboxylic acids is 1. The predicted molar refractivity (Wildman–Crippen MR) is 67.1 cm³/mol. The van der Waals surface area contributed by atoms with Gasteiger partial charge in [-0.1, -0.05) is 0 Å². The normalized spacial score (nSPS) is 19.4. The van der Waals surface area contributed by atoms with Crippen LogP contribution in [0.25, 0.3) is 0 Å². The summed E-state index contributed by atoms with van der Waals surface area (Å²) in [5.74, 6) is 0.895. The molecule has 1 fully saturated rings. The summed E-state index contributed by atoms with van der Waals surface area (Å²) in [6.07, 6.45) is 0.0740. The second-order valence-corrected chi connectivity index (χ2v) is 4.37. The van der Waals surface area contributed by atoms with E-state index < -0.39 is 0 Å². The van der Waals surface area contributed by atoms with Crippen molar-refractivity contribution in [1.82, 2.24) is 5.32 Å². The maximum atomic E-state index is 11.4. The molecule has 0 spiro atoms. The molecule has 1 aromatic heterocycles. The molecule has 6 nitrogen and oxygen atoms in total. The number of ether oxygens (including phenoxy) is 3. The van der Waals surface area contributed by atoms with E-state index in [-0.39, 0.29) is 12.1 Å². The molecule has 1 atom stereocenters. The Morgan fingerprint density at radius 1 is 1.53 bits per heavy atom.